The number of nitrogens with two attached hydrogens (primary N) is 1. The molecule has 0 bridgehead atoms. The number of aromatic nitrogens is 1. The van der Waals surface area contributed by atoms with Crippen molar-refractivity contribution < 1.29 is 0 Å². The van der Waals surface area contributed by atoms with Crippen molar-refractivity contribution in [2.45, 2.75) is 44.7 Å². The Morgan fingerprint density at radius 1 is 1.50 bits per heavy atom. The van der Waals surface area contributed by atoms with E-state index in [1.807, 2.05) is 6.07 Å². The fourth-order valence-electron chi connectivity index (χ4n) is 3.03. The second kappa shape index (κ2) is 4.25. The molecule has 1 saturated heterocycles. The van der Waals surface area contributed by atoms with Crippen molar-refractivity contribution in [3.05, 3.63) is 22.9 Å². The highest BCUT2D eigenvalue weighted by Gasteiger charge is 2.31. The van der Waals surface area contributed by atoms with Gasteiger partial charge in [0, 0.05) is 24.3 Å². The van der Waals surface area contributed by atoms with E-state index in [0.29, 0.717) is 5.56 Å². The molecule has 0 aromatic carbocycles. The lowest BCUT2D eigenvalue weighted by Gasteiger charge is -2.25. The topological polar surface area (TPSA) is 65.9 Å². The summed E-state index contributed by atoms with van der Waals surface area (Å²) < 4.78 is 0. The zero-order valence-electron chi connectivity index (χ0n) is 10.7. The number of fused-ring (bicyclic) bond motifs is 1. The highest BCUT2D eigenvalue weighted by atomic mass is 15.2. The maximum absolute atomic E-state index is 9.31. The van der Waals surface area contributed by atoms with Gasteiger partial charge in [0.05, 0.1) is 5.56 Å². The first kappa shape index (κ1) is 11.5. The lowest BCUT2D eigenvalue weighted by atomic mass is 10.1. The smallest absolute Gasteiger partial charge is 0.147 e. The average Bonchev–Trinajstić information content (AvgIpc) is 2.95. The molecular formula is C14H18N4. The summed E-state index contributed by atoms with van der Waals surface area (Å²) in [4.78, 5) is 6.94. The van der Waals surface area contributed by atoms with Crippen LogP contribution in [0.4, 0.5) is 5.82 Å². The van der Waals surface area contributed by atoms with Crippen LogP contribution < -0.4 is 10.6 Å². The average molecular weight is 242 g/mol. The molecule has 0 saturated carbocycles. The van der Waals surface area contributed by atoms with Crippen molar-refractivity contribution in [2.75, 3.05) is 11.4 Å². The van der Waals surface area contributed by atoms with Gasteiger partial charge < -0.3 is 10.6 Å². The highest BCUT2D eigenvalue weighted by Crippen LogP contribution is 2.30. The van der Waals surface area contributed by atoms with Crippen LogP contribution in [0.15, 0.2) is 6.07 Å². The minimum absolute atomic E-state index is 0.187. The first-order valence-corrected chi connectivity index (χ1v) is 6.66. The van der Waals surface area contributed by atoms with Crippen molar-refractivity contribution in [2.24, 2.45) is 5.73 Å². The van der Waals surface area contributed by atoms with Crippen molar-refractivity contribution in [3.8, 4) is 6.07 Å². The van der Waals surface area contributed by atoms with Gasteiger partial charge in [0.2, 0.25) is 0 Å². The molecule has 0 spiro atoms. The van der Waals surface area contributed by atoms with Gasteiger partial charge in [-0.25, -0.2) is 4.98 Å². The molecule has 0 amide bonds. The molecule has 1 aliphatic carbocycles. The zero-order valence-corrected chi connectivity index (χ0v) is 10.7. The Morgan fingerprint density at radius 2 is 2.33 bits per heavy atom. The molecule has 2 unspecified atom stereocenters. The fraction of sp³-hybridized carbons (Fsp3) is 0.571. The van der Waals surface area contributed by atoms with Crippen molar-refractivity contribution >= 4 is 5.82 Å². The van der Waals surface area contributed by atoms with Gasteiger partial charge >= 0.3 is 0 Å². The number of pyridine rings is 1. The Morgan fingerprint density at radius 3 is 3.00 bits per heavy atom. The van der Waals surface area contributed by atoms with Crippen LogP contribution >= 0.6 is 0 Å². The van der Waals surface area contributed by atoms with Crippen molar-refractivity contribution in [1.29, 1.82) is 5.26 Å². The van der Waals surface area contributed by atoms with Crippen LogP contribution in [0.5, 0.6) is 0 Å². The third kappa shape index (κ3) is 1.67. The third-order valence-electron chi connectivity index (χ3n) is 4.24. The van der Waals surface area contributed by atoms with Crippen LogP contribution in [-0.4, -0.2) is 23.6 Å². The van der Waals surface area contributed by atoms with Gasteiger partial charge in [-0.3, -0.25) is 0 Å². The number of nitriles is 1. The monoisotopic (exact) mass is 242 g/mol. The van der Waals surface area contributed by atoms with Crippen molar-refractivity contribution in [1.82, 2.24) is 4.98 Å². The van der Waals surface area contributed by atoms with Gasteiger partial charge in [-0.2, -0.15) is 5.26 Å². The summed E-state index contributed by atoms with van der Waals surface area (Å²) in [7, 11) is 0. The van der Waals surface area contributed by atoms with E-state index in [1.165, 1.54) is 11.3 Å². The fourth-order valence-corrected chi connectivity index (χ4v) is 3.03. The molecule has 2 aliphatic rings. The van der Waals surface area contributed by atoms with E-state index in [-0.39, 0.29) is 12.1 Å². The minimum atomic E-state index is 0.187. The zero-order chi connectivity index (χ0) is 12.7. The summed E-state index contributed by atoms with van der Waals surface area (Å²) in [5.74, 6) is 0.846. The molecule has 3 rings (SSSR count). The van der Waals surface area contributed by atoms with Gasteiger partial charge in [-0.15, -0.1) is 0 Å². The van der Waals surface area contributed by atoms with E-state index < -0.39 is 0 Å². The second-order valence-corrected chi connectivity index (χ2v) is 5.32. The molecule has 1 aliphatic heterocycles. The Balaban J connectivity index is 2.04. The number of aryl methyl sites for hydroxylation is 2. The molecule has 1 aromatic heterocycles. The molecule has 2 N–H and O–H groups in total. The number of hydrogen-bond donors (Lipinski definition) is 1. The van der Waals surface area contributed by atoms with Crippen molar-refractivity contribution in [3.63, 3.8) is 0 Å². The van der Waals surface area contributed by atoms with Crippen LogP contribution in [-0.2, 0) is 12.8 Å². The Kier molecular flexibility index (Phi) is 2.71. The van der Waals surface area contributed by atoms with E-state index in [1.54, 1.807) is 0 Å². The lowest BCUT2D eigenvalue weighted by Crippen LogP contribution is -2.37. The minimum Gasteiger partial charge on any atom is -0.351 e. The normalized spacial score (nSPS) is 26.2. The second-order valence-electron chi connectivity index (χ2n) is 5.32. The van der Waals surface area contributed by atoms with E-state index in [0.717, 1.165) is 38.0 Å². The quantitative estimate of drug-likeness (QED) is 0.807. The summed E-state index contributed by atoms with van der Waals surface area (Å²) >= 11 is 0. The van der Waals surface area contributed by atoms with Crippen LogP contribution in [0.1, 0.15) is 36.6 Å². The van der Waals surface area contributed by atoms with Crippen LogP contribution in [0.2, 0.25) is 0 Å². The summed E-state index contributed by atoms with van der Waals surface area (Å²) in [6, 6.07) is 4.78. The predicted molar refractivity (Wildman–Crippen MR) is 70.4 cm³/mol. The summed E-state index contributed by atoms with van der Waals surface area (Å²) in [5, 5.41) is 9.31. The van der Waals surface area contributed by atoms with Gasteiger partial charge in [-0.1, -0.05) is 0 Å². The first-order chi connectivity index (χ1) is 8.70. The Bertz CT molecular complexity index is 517. The van der Waals surface area contributed by atoms with Crippen LogP contribution in [0, 0.1) is 11.3 Å². The summed E-state index contributed by atoms with van der Waals surface area (Å²) in [5.41, 5.74) is 9.20. The Labute approximate surface area is 107 Å². The Hall–Kier alpha value is -1.60. The van der Waals surface area contributed by atoms with E-state index >= 15 is 0 Å². The lowest BCUT2D eigenvalue weighted by molar-refractivity contribution is 0.621. The van der Waals surface area contributed by atoms with E-state index in [2.05, 4.69) is 17.9 Å². The first-order valence-electron chi connectivity index (χ1n) is 6.66. The molecule has 18 heavy (non-hydrogen) atoms. The molecule has 2 atom stereocenters. The molecule has 1 fully saturated rings. The van der Waals surface area contributed by atoms with Crippen LogP contribution in [0.3, 0.4) is 0 Å². The largest absolute Gasteiger partial charge is 0.351 e. The molecule has 4 heteroatoms. The van der Waals surface area contributed by atoms with E-state index in [4.69, 9.17) is 10.7 Å². The van der Waals surface area contributed by atoms with Gasteiger partial charge in [-0.05, 0) is 44.2 Å². The van der Waals surface area contributed by atoms with Gasteiger partial charge in [0.15, 0.2) is 0 Å². The van der Waals surface area contributed by atoms with Crippen LogP contribution in [0.25, 0.3) is 0 Å². The van der Waals surface area contributed by atoms with Gasteiger partial charge in [0.1, 0.15) is 11.9 Å². The number of hydrogen-bond acceptors (Lipinski definition) is 4. The molecular weight excluding hydrogens is 224 g/mol. The summed E-state index contributed by atoms with van der Waals surface area (Å²) in [6.45, 7) is 3.02. The number of nitrogens with zero attached hydrogens (tertiary/aromatic N) is 3. The molecule has 2 heterocycles. The molecule has 0 radical (unpaired) electrons. The number of rotatable bonds is 1. The predicted octanol–water partition coefficient (Wildman–Crippen LogP) is 1.37. The third-order valence-corrected chi connectivity index (χ3v) is 4.24. The summed E-state index contributed by atoms with van der Waals surface area (Å²) in [6.07, 6.45) is 4.24. The maximum atomic E-state index is 9.31. The maximum Gasteiger partial charge on any atom is 0.147 e. The molecule has 94 valence electrons. The molecule has 1 aromatic rings. The molecule has 4 nitrogen and oxygen atoms in total. The standard InChI is InChI=1S/C14H18N4/c1-9-12(16)5-6-18(9)14-11(8-15)7-10-3-2-4-13(10)17-14/h7,9,12H,2-6,16H2,1H3. The number of anilines is 1. The van der Waals surface area contributed by atoms with E-state index in [9.17, 15) is 5.26 Å². The SMILES string of the molecule is CC1C(N)CCN1c1nc2c(cc1C#N)CCC2. The highest BCUT2D eigenvalue weighted by molar-refractivity contribution is 5.58. The van der Waals surface area contributed by atoms with Gasteiger partial charge in [0.25, 0.3) is 0 Å².